The number of hydrogen-bond donors (Lipinski definition) is 0. The molecule has 2 heteroatoms. The maximum atomic E-state index is 5.77. The summed E-state index contributed by atoms with van der Waals surface area (Å²) in [6.45, 7) is 3.08. The van der Waals surface area contributed by atoms with Crippen LogP contribution in [0, 0.1) is 0 Å². The van der Waals surface area contributed by atoms with Crippen LogP contribution >= 0.6 is 0 Å². The van der Waals surface area contributed by atoms with Gasteiger partial charge in [0.15, 0.2) is 6.23 Å². The zero-order valence-corrected chi connectivity index (χ0v) is 9.98. The zero-order valence-electron chi connectivity index (χ0n) is 9.98. The van der Waals surface area contributed by atoms with Crippen LogP contribution in [-0.2, 0) is 11.2 Å². The summed E-state index contributed by atoms with van der Waals surface area (Å²) >= 11 is 0. The quantitative estimate of drug-likeness (QED) is 0.671. The van der Waals surface area contributed by atoms with Gasteiger partial charge in [0.05, 0.1) is 5.69 Å². The van der Waals surface area contributed by atoms with Gasteiger partial charge in [-0.25, -0.2) is 0 Å². The van der Waals surface area contributed by atoms with Gasteiger partial charge < -0.3 is 4.74 Å². The fourth-order valence-corrected chi connectivity index (χ4v) is 2.04. The number of ether oxygens (including phenoxy) is 1. The molecule has 0 saturated carbocycles. The van der Waals surface area contributed by atoms with Crippen molar-refractivity contribution in [3.05, 3.63) is 29.8 Å². The van der Waals surface area contributed by atoms with Gasteiger partial charge in [-0.2, -0.15) is 0 Å². The largest absolute Gasteiger partial charge is 0.356 e. The summed E-state index contributed by atoms with van der Waals surface area (Å²) in [5.41, 5.74) is 2.43. The van der Waals surface area contributed by atoms with Crippen molar-refractivity contribution in [3.63, 3.8) is 0 Å². The second-order valence-corrected chi connectivity index (χ2v) is 4.35. The number of unbranched alkanes of at least 4 members (excludes halogenated alkanes) is 3. The Kier molecular flexibility index (Phi) is 4.23. The van der Waals surface area contributed by atoms with Crippen LogP contribution < -0.4 is 5.32 Å². The molecule has 1 aliphatic heterocycles. The summed E-state index contributed by atoms with van der Waals surface area (Å²) in [7, 11) is 0. The van der Waals surface area contributed by atoms with E-state index in [4.69, 9.17) is 4.74 Å². The third kappa shape index (κ3) is 2.99. The van der Waals surface area contributed by atoms with Crippen molar-refractivity contribution in [2.75, 3.05) is 6.61 Å². The maximum Gasteiger partial charge on any atom is 0.153 e. The first kappa shape index (κ1) is 11.5. The van der Waals surface area contributed by atoms with E-state index in [1.54, 1.807) is 0 Å². The molecule has 1 unspecified atom stereocenters. The Hall–Kier alpha value is -1.02. The molecule has 2 rings (SSSR count). The normalized spacial score (nSPS) is 18.2. The average molecular weight is 218 g/mol. The molecule has 0 N–H and O–H groups in total. The van der Waals surface area contributed by atoms with Crippen LogP contribution in [0.1, 0.15) is 38.2 Å². The van der Waals surface area contributed by atoms with Gasteiger partial charge in [0.25, 0.3) is 0 Å². The Morgan fingerprint density at radius 3 is 2.94 bits per heavy atom. The van der Waals surface area contributed by atoms with Crippen LogP contribution in [0.15, 0.2) is 24.3 Å². The van der Waals surface area contributed by atoms with Crippen LogP contribution in [0.25, 0.3) is 0 Å². The van der Waals surface area contributed by atoms with E-state index in [2.05, 4.69) is 30.4 Å². The Morgan fingerprint density at radius 1 is 1.25 bits per heavy atom. The van der Waals surface area contributed by atoms with E-state index in [1.165, 1.54) is 24.8 Å². The van der Waals surface area contributed by atoms with Crippen molar-refractivity contribution in [2.24, 2.45) is 0 Å². The third-order valence-electron chi connectivity index (χ3n) is 2.98. The molecule has 87 valence electrons. The second-order valence-electron chi connectivity index (χ2n) is 4.35. The van der Waals surface area contributed by atoms with Crippen molar-refractivity contribution in [3.8, 4) is 0 Å². The molecule has 0 fully saturated rings. The first-order valence-electron chi connectivity index (χ1n) is 6.30. The van der Waals surface area contributed by atoms with Crippen LogP contribution in [-0.4, -0.2) is 12.8 Å². The fourth-order valence-electron chi connectivity index (χ4n) is 2.04. The lowest BCUT2D eigenvalue weighted by atomic mass is 10.2. The Bertz CT molecular complexity index is 299. The van der Waals surface area contributed by atoms with Gasteiger partial charge in [-0.15, -0.1) is 0 Å². The molecule has 0 amide bonds. The van der Waals surface area contributed by atoms with Gasteiger partial charge in [0.2, 0.25) is 0 Å². The number of rotatable bonds is 6. The average Bonchev–Trinajstić information content (AvgIpc) is 2.71. The van der Waals surface area contributed by atoms with Crippen LogP contribution in [0.2, 0.25) is 0 Å². The molecular formula is C14H20NO. The highest BCUT2D eigenvalue weighted by atomic mass is 16.5. The molecule has 1 aliphatic rings. The molecule has 0 bridgehead atoms. The first-order valence-corrected chi connectivity index (χ1v) is 6.30. The van der Waals surface area contributed by atoms with E-state index in [-0.39, 0.29) is 6.23 Å². The minimum absolute atomic E-state index is 0.0685. The molecular weight excluding hydrogens is 198 g/mol. The predicted octanol–water partition coefficient (Wildman–Crippen LogP) is 3.40. The molecule has 0 spiro atoms. The highest BCUT2D eigenvalue weighted by Gasteiger charge is 2.21. The van der Waals surface area contributed by atoms with Gasteiger partial charge in [-0.05, 0) is 18.1 Å². The van der Waals surface area contributed by atoms with Gasteiger partial charge in [0, 0.05) is 13.0 Å². The van der Waals surface area contributed by atoms with Gasteiger partial charge in [-0.3, -0.25) is 5.32 Å². The lowest BCUT2D eigenvalue weighted by Crippen LogP contribution is -2.19. The van der Waals surface area contributed by atoms with Gasteiger partial charge in [-0.1, -0.05) is 44.4 Å². The number of para-hydroxylation sites is 1. The number of nitrogens with zero attached hydrogens (tertiary/aromatic N) is 1. The summed E-state index contributed by atoms with van der Waals surface area (Å²) in [5, 5.41) is 4.55. The minimum atomic E-state index is 0.0685. The summed E-state index contributed by atoms with van der Waals surface area (Å²) < 4.78 is 5.77. The number of fused-ring (bicyclic) bond motifs is 1. The highest BCUT2D eigenvalue weighted by molar-refractivity contribution is 5.48. The molecule has 1 atom stereocenters. The molecule has 0 aromatic heterocycles. The first-order chi connectivity index (χ1) is 7.90. The van der Waals surface area contributed by atoms with E-state index >= 15 is 0 Å². The minimum Gasteiger partial charge on any atom is -0.356 e. The van der Waals surface area contributed by atoms with Crippen LogP contribution in [0.4, 0.5) is 5.69 Å². The SMILES string of the molecule is CCCCCCOC1Cc2ccccc2[N]1. The molecule has 0 saturated heterocycles. The monoisotopic (exact) mass is 218 g/mol. The third-order valence-corrected chi connectivity index (χ3v) is 2.98. The lowest BCUT2D eigenvalue weighted by Gasteiger charge is -2.10. The molecule has 0 aliphatic carbocycles. The summed E-state index contributed by atoms with van der Waals surface area (Å²) in [6, 6.07) is 8.30. The molecule has 2 nitrogen and oxygen atoms in total. The van der Waals surface area contributed by atoms with E-state index in [0.717, 1.165) is 25.1 Å². The van der Waals surface area contributed by atoms with E-state index in [9.17, 15) is 0 Å². The van der Waals surface area contributed by atoms with Gasteiger partial charge in [0.1, 0.15) is 0 Å². The topological polar surface area (TPSA) is 23.3 Å². The van der Waals surface area contributed by atoms with Crippen molar-refractivity contribution in [1.82, 2.24) is 5.32 Å². The second kappa shape index (κ2) is 5.90. The number of hydrogen-bond acceptors (Lipinski definition) is 1. The molecule has 1 aromatic rings. The smallest absolute Gasteiger partial charge is 0.153 e. The maximum absolute atomic E-state index is 5.77. The lowest BCUT2D eigenvalue weighted by molar-refractivity contribution is 0.0431. The predicted molar refractivity (Wildman–Crippen MR) is 65.8 cm³/mol. The Morgan fingerprint density at radius 2 is 2.12 bits per heavy atom. The summed E-state index contributed by atoms with van der Waals surface area (Å²) in [4.78, 5) is 0. The van der Waals surface area contributed by atoms with Crippen LogP contribution in [0.3, 0.4) is 0 Å². The van der Waals surface area contributed by atoms with E-state index < -0.39 is 0 Å². The summed E-state index contributed by atoms with van der Waals surface area (Å²) in [6.07, 6.45) is 6.04. The zero-order chi connectivity index (χ0) is 11.2. The molecule has 1 heterocycles. The molecule has 16 heavy (non-hydrogen) atoms. The van der Waals surface area contributed by atoms with Crippen molar-refractivity contribution >= 4 is 5.69 Å². The summed E-state index contributed by atoms with van der Waals surface area (Å²) in [5.74, 6) is 0. The number of benzene rings is 1. The molecule has 1 aromatic carbocycles. The van der Waals surface area contributed by atoms with Crippen molar-refractivity contribution in [1.29, 1.82) is 0 Å². The molecule has 1 radical (unpaired) electrons. The standard InChI is InChI=1S/C14H20NO/c1-2-3-4-7-10-16-14-11-12-8-5-6-9-13(12)15-14/h5-6,8-9,14H,2-4,7,10-11H2,1H3. The van der Waals surface area contributed by atoms with Crippen LogP contribution in [0.5, 0.6) is 0 Å². The van der Waals surface area contributed by atoms with Crippen molar-refractivity contribution < 1.29 is 4.74 Å². The fraction of sp³-hybridized carbons (Fsp3) is 0.571. The Balaban J connectivity index is 1.67. The van der Waals surface area contributed by atoms with Gasteiger partial charge >= 0.3 is 0 Å². The Labute approximate surface area is 98.0 Å². The highest BCUT2D eigenvalue weighted by Crippen LogP contribution is 2.25. The van der Waals surface area contributed by atoms with E-state index in [1.807, 2.05) is 6.07 Å². The van der Waals surface area contributed by atoms with E-state index in [0.29, 0.717) is 0 Å². The van der Waals surface area contributed by atoms with Crippen molar-refractivity contribution in [2.45, 2.75) is 45.3 Å².